The minimum absolute atomic E-state index is 0.0896. The van der Waals surface area contributed by atoms with E-state index in [0.29, 0.717) is 0 Å². The first-order valence-electron chi connectivity index (χ1n) is 9.61. The van der Waals surface area contributed by atoms with E-state index in [-0.39, 0.29) is 11.0 Å². The normalized spacial score (nSPS) is 15.8. The van der Waals surface area contributed by atoms with Crippen LogP contribution in [-0.4, -0.2) is 105 Å². The second kappa shape index (κ2) is 10.4. The number of halogens is 15. The minimum Gasteiger partial charge on any atom is -0.550 e. The Morgan fingerprint density at radius 2 is 1.05 bits per heavy atom. The summed E-state index contributed by atoms with van der Waals surface area (Å²) in [7, 11) is -3.23. The van der Waals surface area contributed by atoms with Crippen LogP contribution in [0.5, 0.6) is 0 Å². The van der Waals surface area contributed by atoms with Crippen molar-refractivity contribution in [3.8, 4) is 0 Å². The summed E-state index contributed by atoms with van der Waals surface area (Å²) in [6.07, 6.45) is -9.99. The molecule has 0 radical (unpaired) electrons. The van der Waals surface area contributed by atoms with Gasteiger partial charge in [0.2, 0.25) is 0 Å². The molecule has 22 heteroatoms. The first-order valence-corrected chi connectivity index (χ1v) is 11.0. The quantitative estimate of drug-likeness (QED) is 0.221. The predicted molar refractivity (Wildman–Crippen MR) is 93.4 cm³/mol. The van der Waals surface area contributed by atoms with Crippen molar-refractivity contribution in [2.75, 3.05) is 40.8 Å². The second-order valence-corrected chi connectivity index (χ2v) is 10.8. The number of alkyl halides is 15. The van der Waals surface area contributed by atoms with Crippen LogP contribution >= 0.6 is 0 Å². The van der Waals surface area contributed by atoms with Gasteiger partial charge >= 0.3 is 41.0 Å². The number of nitrogens with zero attached hydrogens (tertiary/aromatic N) is 2. The van der Waals surface area contributed by atoms with E-state index >= 15 is 0 Å². The third-order valence-corrected chi connectivity index (χ3v) is 6.71. The molecule has 0 aromatic heterocycles. The zero-order valence-corrected chi connectivity index (χ0v) is 20.0. The Morgan fingerprint density at radius 1 is 0.684 bits per heavy atom. The molecule has 6 nitrogen and oxygen atoms in total. The van der Waals surface area contributed by atoms with Gasteiger partial charge in [-0.05, 0) is 0 Å². The molecule has 0 N–H and O–H groups in total. The average Bonchev–Trinajstić information content (AvgIpc) is 2.67. The molecule has 0 spiro atoms. The van der Waals surface area contributed by atoms with Gasteiger partial charge in [-0.15, -0.1) is 0 Å². The Kier molecular flexibility index (Phi) is 9.89. The van der Waals surface area contributed by atoms with Crippen LogP contribution in [0.15, 0.2) is 0 Å². The summed E-state index contributed by atoms with van der Waals surface area (Å²) in [5.74, 6) is -44.5. The lowest BCUT2D eigenvalue weighted by atomic mass is 9.94. The molecule has 38 heavy (non-hydrogen) atoms. The number of rotatable bonds is 14. The number of quaternary nitrogens is 1. The molecule has 0 rings (SSSR count). The third-order valence-electron chi connectivity index (χ3n) is 4.76. The van der Waals surface area contributed by atoms with Crippen molar-refractivity contribution in [1.29, 1.82) is 0 Å². The maximum Gasteiger partial charge on any atom is 0.460 e. The second-order valence-electron chi connectivity index (χ2n) is 8.78. The molecule has 0 saturated carbocycles. The lowest BCUT2D eigenvalue weighted by Gasteiger charge is -2.41. The summed E-state index contributed by atoms with van der Waals surface area (Å²) in [6.45, 7) is -3.31. The molecule has 0 bridgehead atoms. The first kappa shape index (κ1) is 36.3. The van der Waals surface area contributed by atoms with Crippen molar-refractivity contribution in [2.24, 2.45) is 0 Å². The highest BCUT2D eigenvalue weighted by atomic mass is 32.2. The Hall–Kier alpha value is -1.71. The lowest BCUT2D eigenvalue weighted by molar-refractivity contribution is -0.870. The molecule has 0 aliphatic heterocycles. The van der Waals surface area contributed by atoms with E-state index in [1.807, 2.05) is 0 Å². The summed E-state index contributed by atoms with van der Waals surface area (Å²) >= 11 is 0. The Morgan fingerprint density at radius 3 is 1.39 bits per heavy atom. The Bertz CT molecular complexity index is 959. The lowest BCUT2D eigenvalue weighted by Crippen LogP contribution is -2.73. The predicted octanol–water partition coefficient (Wildman–Crippen LogP) is 3.19. The number of carbonyl (C=O) groups is 1. The highest BCUT2D eigenvalue weighted by molar-refractivity contribution is 7.90. The highest BCUT2D eigenvalue weighted by Crippen LogP contribution is 2.63. The zero-order chi connectivity index (χ0) is 31.2. The van der Waals surface area contributed by atoms with Crippen molar-refractivity contribution < 1.29 is 88.7 Å². The van der Waals surface area contributed by atoms with Crippen LogP contribution in [0.1, 0.15) is 12.8 Å². The van der Waals surface area contributed by atoms with E-state index < -0.39 is 87.3 Å². The molecule has 0 saturated heterocycles. The van der Waals surface area contributed by atoms with Gasteiger partial charge in [-0.2, -0.15) is 70.2 Å². The van der Waals surface area contributed by atoms with Crippen LogP contribution in [0.25, 0.3) is 0 Å². The van der Waals surface area contributed by atoms with Gasteiger partial charge in [0.15, 0.2) is 0 Å². The van der Waals surface area contributed by atoms with Gasteiger partial charge < -0.3 is 14.4 Å². The summed E-state index contributed by atoms with van der Waals surface area (Å²) < 4.78 is 224. The van der Waals surface area contributed by atoms with Gasteiger partial charge in [-0.25, -0.2) is 8.42 Å². The van der Waals surface area contributed by atoms with Crippen LogP contribution in [0.3, 0.4) is 0 Å². The van der Waals surface area contributed by atoms with Crippen molar-refractivity contribution in [1.82, 2.24) is 4.31 Å². The maximum absolute atomic E-state index is 14.3. The molecule has 228 valence electrons. The van der Waals surface area contributed by atoms with Gasteiger partial charge in [-0.1, -0.05) is 0 Å². The van der Waals surface area contributed by atoms with Gasteiger partial charge in [0.25, 0.3) is 10.0 Å². The van der Waals surface area contributed by atoms with Crippen LogP contribution in [-0.2, 0) is 14.8 Å². The molecule has 0 atom stereocenters. The zero-order valence-electron chi connectivity index (χ0n) is 19.1. The largest absolute Gasteiger partial charge is 0.550 e. The molecule has 0 aromatic rings. The van der Waals surface area contributed by atoms with Crippen molar-refractivity contribution in [3.05, 3.63) is 0 Å². The van der Waals surface area contributed by atoms with Crippen molar-refractivity contribution >= 4 is 16.0 Å². The van der Waals surface area contributed by atoms with E-state index in [2.05, 4.69) is 0 Å². The van der Waals surface area contributed by atoms with Crippen molar-refractivity contribution in [2.45, 2.75) is 53.9 Å². The van der Waals surface area contributed by atoms with E-state index in [1.54, 1.807) is 0 Å². The number of sulfonamides is 1. The van der Waals surface area contributed by atoms with Crippen molar-refractivity contribution in [3.63, 3.8) is 0 Å². The van der Waals surface area contributed by atoms with Gasteiger partial charge in [0.05, 0.1) is 27.7 Å². The SMILES string of the molecule is C[N+](C)(C)CCCN(CCC(=O)[O-])S(=O)(=O)C(F)(F)C(F)(F)C(F)(F)C(F)(F)C(F)(F)C(F)(F)C(F)(F)F. The smallest absolute Gasteiger partial charge is 0.460 e. The fourth-order valence-electron chi connectivity index (χ4n) is 2.57. The minimum atomic E-state index is -8.65. The molecule has 0 aliphatic carbocycles. The number of aliphatic carboxylic acids is 1. The highest BCUT2D eigenvalue weighted by Gasteiger charge is 2.94. The van der Waals surface area contributed by atoms with E-state index in [1.165, 1.54) is 21.1 Å². The fraction of sp³-hybridized carbons (Fsp3) is 0.938. The summed E-state index contributed by atoms with van der Waals surface area (Å²) in [5, 5.41) is 2.95. The van der Waals surface area contributed by atoms with Gasteiger partial charge in [-0.3, -0.25) is 0 Å². The molecule has 0 heterocycles. The first-order chi connectivity index (χ1) is 16.3. The van der Waals surface area contributed by atoms with E-state index in [4.69, 9.17) is 0 Å². The van der Waals surface area contributed by atoms with E-state index in [0.717, 1.165) is 0 Å². The number of hydrogen-bond donors (Lipinski definition) is 0. The molecule has 0 unspecified atom stereocenters. The molecule has 0 amide bonds. The van der Waals surface area contributed by atoms with Crippen LogP contribution < -0.4 is 5.11 Å². The Balaban J connectivity index is 6.82. The average molecular weight is 620 g/mol. The number of carbonyl (C=O) groups excluding carboxylic acids is 1. The Labute approximate surface area is 204 Å². The standard InChI is InChI=1S/C16H19F15N2O4S/c1-33(2,3)8-4-6-32(7-5-9(34)35)38(36,37)16(30,31)14(25,26)12(21,22)10(17,18)11(19,20)13(23,24)15(27,28)29/h4-8H2,1-3H3. The molecule has 0 fully saturated rings. The summed E-state index contributed by atoms with van der Waals surface area (Å²) in [5.41, 5.74) is 0. The third kappa shape index (κ3) is 6.04. The summed E-state index contributed by atoms with van der Waals surface area (Å²) in [4.78, 5) is 10.5. The van der Waals surface area contributed by atoms with Crippen LogP contribution in [0.4, 0.5) is 65.9 Å². The maximum atomic E-state index is 14.3. The molecule has 0 aromatic carbocycles. The monoisotopic (exact) mass is 620 g/mol. The molecular weight excluding hydrogens is 601 g/mol. The number of carboxylic acids is 1. The summed E-state index contributed by atoms with van der Waals surface area (Å²) in [6, 6.07) is 0. The van der Waals surface area contributed by atoms with E-state index in [9.17, 15) is 84.2 Å². The topological polar surface area (TPSA) is 77.5 Å². The molecule has 0 aliphatic rings. The number of hydrogen-bond acceptors (Lipinski definition) is 4. The number of carboxylic acid groups (broad SMARTS) is 1. The van der Waals surface area contributed by atoms with Crippen LogP contribution in [0.2, 0.25) is 0 Å². The fourth-order valence-corrected chi connectivity index (χ4v) is 4.04. The van der Waals surface area contributed by atoms with Crippen LogP contribution in [0, 0.1) is 0 Å². The molecular formula is C16H19F15N2O4S. The van der Waals surface area contributed by atoms with Gasteiger partial charge in [0.1, 0.15) is 0 Å². The van der Waals surface area contributed by atoms with Gasteiger partial charge in [0, 0.05) is 31.9 Å².